The maximum absolute atomic E-state index is 11.9. The average molecular weight is 352 g/mol. The SMILES string of the molecule is Nc1cc(Br)ccc1-c1nc(COCC(F)(F)F)no1. The molecule has 0 saturated heterocycles. The number of aromatic nitrogens is 2. The molecule has 2 aromatic rings. The molecule has 5 nitrogen and oxygen atoms in total. The van der Waals surface area contributed by atoms with E-state index in [-0.39, 0.29) is 18.3 Å². The van der Waals surface area contributed by atoms with Crippen molar-refractivity contribution in [1.82, 2.24) is 10.1 Å². The van der Waals surface area contributed by atoms with Crippen molar-refractivity contribution in [3.05, 3.63) is 28.5 Å². The Morgan fingerprint density at radius 2 is 2.10 bits per heavy atom. The van der Waals surface area contributed by atoms with Gasteiger partial charge in [-0.25, -0.2) is 0 Å². The molecule has 2 rings (SSSR count). The smallest absolute Gasteiger partial charge is 0.398 e. The van der Waals surface area contributed by atoms with Gasteiger partial charge in [0.2, 0.25) is 0 Å². The van der Waals surface area contributed by atoms with Gasteiger partial charge in [0.05, 0.1) is 5.56 Å². The summed E-state index contributed by atoms with van der Waals surface area (Å²) < 4.78 is 45.9. The van der Waals surface area contributed by atoms with Crippen LogP contribution in [-0.2, 0) is 11.3 Å². The van der Waals surface area contributed by atoms with Gasteiger partial charge in [-0.2, -0.15) is 18.2 Å². The Bertz CT molecular complexity index is 601. The van der Waals surface area contributed by atoms with Crippen LogP contribution in [0.2, 0.25) is 0 Å². The summed E-state index contributed by atoms with van der Waals surface area (Å²) in [5.74, 6) is 0.146. The Morgan fingerprint density at radius 3 is 2.75 bits per heavy atom. The Hall–Kier alpha value is -1.61. The number of hydrogen-bond donors (Lipinski definition) is 1. The van der Waals surface area contributed by atoms with Crippen LogP contribution in [0.3, 0.4) is 0 Å². The zero-order chi connectivity index (χ0) is 14.8. The largest absolute Gasteiger partial charge is 0.411 e. The van der Waals surface area contributed by atoms with E-state index in [0.717, 1.165) is 4.47 Å². The molecular weight excluding hydrogens is 343 g/mol. The van der Waals surface area contributed by atoms with Crippen molar-refractivity contribution >= 4 is 21.6 Å². The molecule has 1 aromatic carbocycles. The standard InChI is InChI=1S/C11H9BrF3N3O2/c12-6-1-2-7(8(16)3-6)10-17-9(18-20-10)4-19-5-11(13,14)15/h1-3H,4-5,16H2. The second-order valence-corrected chi connectivity index (χ2v) is 4.77. The van der Waals surface area contributed by atoms with E-state index in [9.17, 15) is 13.2 Å². The molecule has 0 amide bonds. The monoisotopic (exact) mass is 351 g/mol. The first-order valence-electron chi connectivity index (χ1n) is 5.37. The van der Waals surface area contributed by atoms with Gasteiger partial charge in [0.25, 0.3) is 5.89 Å². The molecule has 0 aliphatic heterocycles. The number of nitrogens with two attached hydrogens (primary N) is 1. The van der Waals surface area contributed by atoms with Crippen LogP contribution in [0.4, 0.5) is 18.9 Å². The lowest BCUT2D eigenvalue weighted by atomic mass is 10.2. The van der Waals surface area contributed by atoms with Gasteiger partial charge in [0.1, 0.15) is 13.2 Å². The van der Waals surface area contributed by atoms with Crippen LogP contribution >= 0.6 is 15.9 Å². The normalized spacial score (nSPS) is 11.8. The van der Waals surface area contributed by atoms with E-state index in [1.807, 2.05) is 0 Å². The average Bonchev–Trinajstić information content (AvgIpc) is 2.75. The minimum absolute atomic E-state index is 0.0200. The van der Waals surface area contributed by atoms with Crippen molar-refractivity contribution in [2.75, 3.05) is 12.3 Å². The lowest BCUT2D eigenvalue weighted by Crippen LogP contribution is -2.16. The molecule has 0 atom stereocenters. The lowest BCUT2D eigenvalue weighted by Gasteiger charge is -2.04. The summed E-state index contributed by atoms with van der Waals surface area (Å²) in [7, 11) is 0. The molecule has 0 unspecified atom stereocenters. The van der Waals surface area contributed by atoms with E-state index >= 15 is 0 Å². The van der Waals surface area contributed by atoms with Gasteiger partial charge < -0.3 is 15.0 Å². The van der Waals surface area contributed by atoms with Crippen LogP contribution in [0.1, 0.15) is 5.82 Å². The van der Waals surface area contributed by atoms with Crippen LogP contribution in [0, 0.1) is 0 Å². The highest BCUT2D eigenvalue weighted by Crippen LogP contribution is 2.27. The molecule has 1 heterocycles. The number of halogens is 4. The molecule has 9 heteroatoms. The summed E-state index contributed by atoms with van der Waals surface area (Å²) in [6, 6.07) is 5.04. The fourth-order valence-electron chi connectivity index (χ4n) is 1.41. The molecular formula is C11H9BrF3N3O2. The highest BCUT2D eigenvalue weighted by atomic mass is 79.9. The van der Waals surface area contributed by atoms with Crippen molar-refractivity contribution in [3.63, 3.8) is 0 Å². The van der Waals surface area contributed by atoms with Gasteiger partial charge in [0, 0.05) is 10.2 Å². The molecule has 0 bridgehead atoms. The lowest BCUT2D eigenvalue weighted by molar-refractivity contribution is -0.177. The fraction of sp³-hybridized carbons (Fsp3) is 0.273. The maximum Gasteiger partial charge on any atom is 0.411 e. The molecule has 108 valence electrons. The van der Waals surface area contributed by atoms with Gasteiger partial charge >= 0.3 is 6.18 Å². The number of anilines is 1. The zero-order valence-corrected chi connectivity index (χ0v) is 11.5. The first kappa shape index (κ1) is 14.8. The second-order valence-electron chi connectivity index (χ2n) is 3.86. The van der Waals surface area contributed by atoms with Crippen LogP contribution < -0.4 is 5.73 Å². The van der Waals surface area contributed by atoms with Crippen molar-refractivity contribution < 1.29 is 22.4 Å². The van der Waals surface area contributed by atoms with Crippen LogP contribution in [0.25, 0.3) is 11.5 Å². The number of rotatable bonds is 4. The highest BCUT2D eigenvalue weighted by Gasteiger charge is 2.27. The molecule has 0 spiro atoms. The van der Waals surface area contributed by atoms with E-state index in [4.69, 9.17) is 10.3 Å². The molecule has 2 N–H and O–H groups in total. The van der Waals surface area contributed by atoms with E-state index in [0.29, 0.717) is 11.3 Å². The van der Waals surface area contributed by atoms with Gasteiger partial charge in [-0.3, -0.25) is 0 Å². The molecule has 1 aromatic heterocycles. The minimum atomic E-state index is -4.39. The van der Waals surface area contributed by atoms with Gasteiger partial charge in [-0.1, -0.05) is 21.1 Å². The van der Waals surface area contributed by atoms with Crippen molar-refractivity contribution in [2.45, 2.75) is 12.8 Å². The van der Waals surface area contributed by atoms with Gasteiger partial charge in [-0.15, -0.1) is 0 Å². The van der Waals surface area contributed by atoms with E-state index in [2.05, 4.69) is 30.8 Å². The predicted octanol–water partition coefficient (Wildman–Crippen LogP) is 3.16. The summed E-state index contributed by atoms with van der Waals surface area (Å²) in [6.07, 6.45) is -4.39. The van der Waals surface area contributed by atoms with E-state index in [1.165, 1.54) is 0 Å². The summed E-state index contributed by atoms with van der Waals surface area (Å²) in [4.78, 5) is 3.93. The third-order valence-corrected chi connectivity index (χ3v) is 2.70. The quantitative estimate of drug-likeness (QED) is 0.856. The summed E-state index contributed by atoms with van der Waals surface area (Å²) in [6.45, 7) is -1.75. The number of nitrogen functional groups attached to an aromatic ring is 1. The number of benzene rings is 1. The molecule has 0 aliphatic rings. The number of alkyl halides is 3. The Morgan fingerprint density at radius 1 is 1.35 bits per heavy atom. The summed E-state index contributed by atoms with van der Waals surface area (Å²) in [5.41, 5.74) is 6.69. The topological polar surface area (TPSA) is 74.2 Å². The molecule has 20 heavy (non-hydrogen) atoms. The van der Waals surface area contributed by atoms with Crippen molar-refractivity contribution in [3.8, 4) is 11.5 Å². The Kier molecular flexibility index (Phi) is 4.29. The fourth-order valence-corrected chi connectivity index (χ4v) is 1.79. The van der Waals surface area contributed by atoms with Crippen LogP contribution in [-0.4, -0.2) is 22.9 Å². The third kappa shape index (κ3) is 3.94. The van der Waals surface area contributed by atoms with E-state index in [1.54, 1.807) is 18.2 Å². The first-order valence-corrected chi connectivity index (χ1v) is 6.17. The van der Waals surface area contributed by atoms with Gasteiger partial charge in [-0.05, 0) is 18.2 Å². The molecule has 0 radical (unpaired) electrons. The number of hydrogen-bond acceptors (Lipinski definition) is 5. The molecule has 0 fully saturated rings. The number of nitrogens with zero attached hydrogens (tertiary/aromatic N) is 2. The molecule has 0 aliphatic carbocycles. The summed E-state index contributed by atoms with van der Waals surface area (Å²) >= 11 is 3.25. The zero-order valence-electron chi connectivity index (χ0n) is 9.95. The van der Waals surface area contributed by atoms with Gasteiger partial charge in [0.15, 0.2) is 5.82 Å². The summed E-state index contributed by atoms with van der Waals surface area (Å²) in [5, 5.41) is 3.53. The minimum Gasteiger partial charge on any atom is -0.398 e. The molecule has 0 saturated carbocycles. The second kappa shape index (κ2) is 5.80. The van der Waals surface area contributed by atoms with Crippen LogP contribution in [0.15, 0.2) is 27.2 Å². The maximum atomic E-state index is 11.9. The van der Waals surface area contributed by atoms with Crippen molar-refractivity contribution in [1.29, 1.82) is 0 Å². The third-order valence-electron chi connectivity index (χ3n) is 2.21. The number of ether oxygens (including phenoxy) is 1. The Labute approximate surface area is 120 Å². The predicted molar refractivity (Wildman–Crippen MR) is 67.6 cm³/mol. The van der Waals surface area contributed by atoms with E-state index < -0.39 is 12.8 Å². The van der Waals surface area contributed by atoms with Crippen LogP contribution in [0.5, 0.6) is 0 Å². The van der Waals surface area contributed by atoms with Crippen molar-refractivity contribution in [2.24, 2.45) is 0 Å². The Balaban J connectivity index is 2.05. The highest BCUT2D eigenvalue weighted by molar-refractivity contribution is 9.10. The first-order chi connectivity index (χ1) is 9.35.